The van der Waals surface area contributed by atoms with Crippen LogP contribution in [0.1, 0.15) is 11.1 Å². The molecular weight excluding hydrogens is 948 g/mol. The topological polar surface area (TPSA) is 184 Å². The van der Waals surface area contributed by atoms with Gasteiger partial charge in [0.2, 0.25) is 11.9 Å². The van der Waals surface area contributed by atoms with Gasteiger partial charge in [0, 0.05) is 43.1 Å². The molecule has 8 rings (SSSR count). The third-order valence-electron chi connectivity index (χ3n) is 8.76. The Kier molecular flexibility index (Phi) is 16.3. The van der Waals surface area contributed by atoms with Gasteiger partial charge in [-0.3, -0.25) is 9.11 Å². The maximum atomic E-state index is 12.8. The van der Waals surface area contributed by atoms with Crippen molar-refractivity contribution in [2.75, 3.05) is 10.6 Å². The van der Waals surface area contributed by atoms with Gasteiger partial charge in [-0.2, -0.15) is 16.8 Å². The van der Waals surface area contributed by atoms with Crippen LogP contribution >= 0.6 is 47.0 Å². The van der Waals surface area contributed by atoms with Crippen LogP contribution in [0.2, 0.25) is 0 Å². The molecule has 0 saturated carbocycles. The molecule has 6 aromatic carbocycles. The summed E-state index contributed by atoms with van der Waals surface area (Å²) >= 11 is 5.74. The van der Waals surface area contributed by atoms with E-state index in [0.717, 1.165) is 19.6 Å². The van der Waals surface area contributed by atoms with Gasteiger partial charge in [-0.1, -0.05) is 144 Å². The number of hydrogen-bond donors (Lipinski definition) is 4. The Morgan fingerprint density at radius 1 is 0.400 bits per heavy atom. The number of rotatable bonds is 16. The fraction of sp³-hybridized carbons (Fsp3) is 0. The van der Waals surface area contributed by atoms with E-state index >= 15 is 0 Å². The summed E-state index contributed by atoms with van der Waals surface area (Å²) in [7, 11) is -9.63. The Balaban J connectivity index is 0.00000630. The van der Waals surface area contributed by atoms with Crippen LogP contribution in [0.25, 0.3) is 12.2 Å². The maximum absolute atomic E-state index is 12.8. The molecule has 0 spiro atoms. The van der Waals surface area contributed by atoms with Gasteiger partial charge in [-0.25, -0.2) is 19.9 Å². The first-order valence-electron chi connectivity index (χ1n) is 19.0. The molecule has 0 aliphatic carbocycles. The molecule has 65 heavy (non-hydrogen) atoms. The second kappa shape index (κ2) is 22.0. The third kappa shape index (κ3) is 13.8. The molecule has 0 aliphatic rings. The fourth-order valence-electron chi connectivity index (χ4n) is 5.95. The van der Waals surface area contributed by atoms with Crippen LogP contribution in [0, 0.1) is 0 Å². The van der Waals surface area contributed by atoms with Crippen LogP contribution in [0.15, 0.2) is 219 Å². The summed E-state index contributed by atoms with van der Waals surface area (Å²) < 4.78 is 71.8. The van der Waals surface area contributed by atoms with Gasteiger partial charge in [0.05, 0.1) is 0 Å². The van der Waals surface area contributed by atoms with Gasteiger partial charge < -0.3 is 10.6 Å². The van der Waals surface area contributed by atoms with Crippen molar-refractivity contribution in [3.63, 3.8) is 0 Å². The molecule has 0 aliphatic heterocycles. The van der Waals surface area contributed by atoms with Gasteiger partial charge in [-0.05, 0) is 83.9 Å². The Hall–Kier alpha value is -4.96. The zero-order chi connectivity index (χ0) is 44.5. The molecular formula is C46H35N6NaO6S6. The minimum absolute atomic E-state index is 0. The van der Waals surface area contributed by atoms with Crippen molar-refractivity contribution in [2.45, 2.75) is 49.5 Å². The molecule has 0 saturated heterocycles. The van der Waals surface area contributed by atoms with Gasteiger partial charge in [0.1, 0.15) is 29.9 Å². The standard InChI is InChI=1S/C46H34N6O6S6.Na.H/c53-63(54,55)39-27-33(47-45-49-41(59-35-13-5-1-6-14-35)29-42(50-45)60-36-15-7-2-8-16-36)25-23-31(39)21-22-32-24-26-34(28-40(32)64(56,57)58)48-46-51-43(61-37-17-9-3-10-18-37)30-44(52-46)62-38-19-11-4-12-20-38;;/h1-30H,(H,47,49,50)(H,48,51,52)(H,53,54,55)(H,56,57,58);;. The number of hydrogen-bond acceptors (Lipinski definition) is 14. The first-order valence-corrected chi connectivity index (χ1v) is 25.2. The minimum atomic E-state index is -4.81. The summed E-state index contributed by atoms with van der Waals surface area (Å²) in [6, 6.07) is 51.0. The van der Waals surface area contributed by atoms with E-state index in [0.29, 0.717) is 20.1 Å². The Labute approximate surface area is 415 Å². The number of nitrogens with one attached hydrogen (secondary N) is 2. The molecule has 19 heteroatoms. The molecule has 2 aromatic heterocycles. The van der Waals surface area contributed by atoms with Crippen LogP contribution in [0.4, 0.5) is 23.3 Å². The number of benzene rings is 6. The summed E-state index contributed by atoms with van der Waals surface area (Å²) in [6.07, 6.45) is 2.65. The number of anilines is 4. The van der Waals surface area contributed by atoms with E-state index in [1.807, 2.05) is 133 Å². The van der Waals surface area contributed by atoms with Crippen molar-refractivity contribution in [1.29, 1.82) is 0 Å². The predicted molar refractivity (Wildman–Crippen MR) is 261 cm³/mol. The summed E-state index contributed by atoms with van der Waals surface area (Å²) in [4.78, 5) is 21.6. The van der Waals surface area contributed by atoms with E-state index in [1.54, 1.807) is 12.1 Å². The van der Waals surface area contributed by atoms with E-state index in [1.165, 1.54) is 83.5 Å². The second-order valence-corrected chi connectivity index (χ2v) is 20.6. The van der Waals surface area contributed by atoms with Gasteiger partial charge in [0.15, 0.2) is 0 Å². The molecule has 0 unspecified atom stereocenters. The average molecular weight is 983 g/mol. The summed E-state index contributed by atoms with van der Waals surface area (Å²) in [5, 5.41) is 8.71. The summed E-state index contributed by atoms with van der Waals surface area (Å²) in [5.74, 6) is 0.377. The SMILES string of the molecule is O=S(=O)(O)c1cc(Nc2nc(Sc3ccccc3)cc(Sc3ccccc3)n2)ccc1C=Cc1ccc(Nc2nc(Sc3ccccc3)cc(Sc3ccccc3)n2)cc1S(=O)(=O)O.[NaH]. The molecule has 0 atom stereocenters. The molecule has 2 heterocycles. The molecule has 12 nitrogen and oxygen atoms in total. The van der Waals surface area contributed by atoms with E-state index in [-0.39, 0.29) is 64.0 Å². The quantitative estimate of drug-likeness (QED) is 0.0310. The van der Waals surface area contributed by atoms with Gasteiger partial charge in [0.25, 0.3) is 20.2 Å². The molecule has 322 valence electrons. The van der Waals surface area contributed by atoms with E-state index in [2.05, 4.69) is 30.6 Å². The van der Waals surface area contributed by atoms with Gasteiger partial charge in [-0.15, -0.1) is 0 Å². The van der Waals surface area contributed by atoms with E-state index in [4.69, 9.17) is 0 Å². The van der Waals surface area contributed by atoms with E-state index < -0.39 is 30.0 Å². The Morgan fingerprint density at radius 2 is 0.677 bits per heavy atom. The van der Waals surface area contributed by atoms with Crippen molar-refractivity contribution < 1.29 is 25.9 Å². The first kappa shape index (κ1) is 48.0. The molecule has 4 N–H and O–H groups in total. The van der Waals surface area contributed by atoms with Crippen LogP contribution in [-0.2, 0) is 20.2 Å². The first-order chi connectivity index (χ1) is 30.9. The van der Waals surface area contributed by atoms with Crippen LogP contribution < -0.4 is 10.6 Å². The van der Waals surface area contributed by atoms with Crippen molar-refractivity contribution >= 4 is 132 Å². The number of aromatic nitrogens is 4. The molecule has 0 bridgehead atoms. The van der Waals surface area contributed by atoms with Crippen molar-refractivity contribution in [1.82, 2.24) is 19.9 Å². The van der Waals surface area contributed by atoms with Crippen LogP contribution in [0.3, 0.4) is 0 Å². The van der Waals surface area contributed by atoms with Crippen LogP contribution in [0.5, 0.6) is 0 Å². The zero-order valence-corrected chi connectivity index (χ0v) is 38.0. The number of nitrogens with zero attached hydrogens (tertiary/aromatic N) is 4. The molecule has 0 fully saturated rings. The Morgan fingerprint density at radius 3 is 0.938 bits per heavy atom. The molecule has 0 radical (unpaired) electrons. The van der Waals surface area contributed by atoms with Gasteiger partial charge >= 0.3 is 29.6 Å². The van der Waals surface area contributed by atoms with E-state index in [9.17, 15) is 25.9 Å². The molecule has 0 amide bonds. The normalized spacial score (nSPS) is 11.5. The molecule has 8 aromatic rings. The predicted octanol–water partition coefficient (Wildman–Crippen LogP) is 11.4. The summed E-state index contributed by atoms with van der Waals surface area (Å²) in [6.45, 7) is 0. The monoisotopic (exact) mass is 982 g/mol. The van der Waals surface area contributed by atoms with Crippen molar-refractivity contribution in [2.24, 2.45) is 0 Å². The van der Waals surface area contributed by atoms with Crippen molar-refractivity contribution in [3.05, 3.63) is 181 Å². The fourth-order valence-corrected chi connectivity index (χ4v) is 10.9. The summed E-state index contributed by atoms with van der Waals surface area (Å²) in [5.41, 5.74) is 0.594. The third-order valence-corrected chi connectivity index (χ3v) is 14.3. The average Bonchev–Trinajstić information content (AvgIpc) is 3.27. The van der Waals surface area contributed by atoms with Crippen LogP contribution in [-0.4, -0.2) is 75.4 Å². The zero-order valence-electron chi connectivity index (χ0n) is 33.1. The van der Waals surface area contributed by atoms with Crippen molar-refractivity contribution in [3.8, 4) is 0 Å². The Bertz CT molecular complexity index is 2850. The second-order valence-electron chi connectivity index (χ2n) is 13.4.